The number of amides is 3. The third-order valence-corrected chi connectivity index (χ3v) is 5.58. The minimum absolute atomic E-state index is 0.0492. The molecule has 3 amide bonds. The van der Waals surface area contributed by atoms with Gasteiger partial charge in [-0.1, -0.05) is 80.0 Å². The van der Waals surface area contributed by atoms with Crippen LogP contribution in [0.25, 0.3) is 0 Å². The van der Waals surface area contributed by atoms with Crippen LogP contribution in [0.15, 0.2) is 78.9 Å². The molecule has 1 unspecified atom stereocenters. The average molecular weight is 478 g/mol. The van der Waals surface area contributed by atoms with Crippen LogP contribution in [-0.4, -0.2) is 17.7 Å². The van der Waals surface area contributed by atoms with Crippen LogP contribution in [0.5, 0.6) is 0 Å². The second kappa shape index (κ2) is 12.0. The van der Waals surface area contributed by atoms with Crippen LogP contribution in [0.4, 0.5) is 5.69 Å². The van der Waals surface area contributed by atoms with Crippen molar-refractivity contribution >= 4 is 35.0 Å². The Labute approximate surface area is 204 Å². The Balaban J connectivity index is 1.61. The molecule has 1 atom stereocenters. The van der Waals surface area contributed by atoms with E-state index in [-0.39, 0.29) is 30.1 Å². The Kier molecular flexibility index (Phi) is 8.82. The molecular weight excluding hydrogens is 450 g/mol. The van der Waals surface area contributed by atoms with Crippen molar-refractivity contribution in [3.8, 4) is 0 Å². The first-order valence-corrected chi connectivity index (χ1v) is 11.5. The largest absolute Gasteiger partial charge is 0.352 e. The Morgan fingerprint density at radius 1 is 0.853 bits per heavy atom. The molecule has 0 bridgehead atoms. The van der Waals surface area contributed by atoms with E-state index in [4.69, 9.17) is 11.6 Å². The first-order valence-electron chi connectivity index (χ1n) is 11.1. The molecule has 0 saturated heterocycles. The van der Waals surface area contributed by atoms with Crippen molar-refractivity contribution in [2.75, 3.05) is 5.32 Å². The Hall–Kier alpha value is -3.64. The van der Waals surface area contributed by atoms with Crippen LogP contribution >= 0.6 is 11.6 Å². The molecule has 176 valence electrons. The van der Waals surface area contributed by atoms with Gasteiger partial charge in [0, 0.05) is 18.2 Å². The van der Waals surface area contributed by atoms with Gasteiger partial charge in [0.15, 0.2) is 0 Å². The average Bonchev–Trinajstić information content (AvgIpc) is 2.84. The molecule has 0 aliphatic rings. The van der Waals surface area contributed by atoms with Crippen LogP contribution in [0, 0.1) is 5.92 Å². The zero-order valence-corrected chi connectivity index (χ0v) is 19.9. The van der Waals surface area contributed by atoms with E-state index in [9.17, 15) is 14.4 Å². The number of carbonyl (C=O) groups is 3. The van der Waals surface area contributed by atoms with Crippen molar-refractivity contribution in [3.63, 3.8) is 0 Å². The lowest BCUT2D eigenvalue weighted by Gasteiger charge is -2.19. The van der Waals surface area contributed by atoms with Gasteiger partial charge in [-0.05, 0) is 35.4 Å². The number of rotatable bonds is 9. The van der Waals surface area contributed by atoms with E-state index in [2.05, 4.69) is 16.0 Å². The molecule has 0 radical (unpaired) electrons. The summed E-state index contributed by atoms with van der Waals surface area (Å²) in [5.74, 6) is -0.696. The number of anilines is 1. The fraction of sp³-hybridized carbons (Fsp3) is 0.222. The van der Waals surface area contributed by atoms with E-state index in [0.717, 1.165) is 11.1 Å². The van der Waals surface area contributed by atoms with Gasteiger partial charge in [0.25, 0.3) is 5.91 Å². The van der Waals surface area contributed by atoms with E-state index in [1.54, 1.807) is 36.4 Å². The number of halogens is 1. The van der Waals surface area contributed by atoms with Gasteiger partial charge in [0.05, 0.1) is 23.0 Å². The highest BCUT2D eigenvalue weighted by molar-refractivity contribution is 6.33. The molecule has 0 fully saturated rings. The summed E-state index contributed by atoms with van der Waals surface area (Å²) in [5, 5.41) is 9.02. The second-order valence-electron chi connectivity index (χ2n) is 8.24. The molecule has 0 aromatic heterocycles. The minimum Gasteiger partial charge on any atom is -0.352 e. The zero-order valence-electron chi connectivity index (χ0n) is 19.2. The molecule has 0 aliphatic heterocycles. The van der Waals surface area contributed by atoms with Gasteiger partial charge in [-0.25, -0.2) is 0 Å². The summed E-state index contributed by atoms with van der Waals surface area (Å²) in [4.78, 5) is 37.3. The lowest BCUT2D eigenvalue weighted by Crippen LogP contribution is -2.33. The zero-order chi connectivity index (χ0) is 24.5. The summed E-state index contributed by atoms with van der Waals surface area (Å²) in [6.45, 7) is 3.99. The highest BCUT2D eigenvalue weighted by Gasteiger charge is 2.20. The number of hydrogen-bond acceptors (Lipinski definition) is 3. The molecule has 3 aromatic carbocycles. The highest BCUT2D eigenvalue weighted by atomic mass is 35.5. The minimum atomic E-state index is -0.515. The maximum absolute atomic E-state index is 12.8. The van der Waals surface area contributed by atoms with Gasteiger partial charge in [-0.15, -0.1) is 0 Å². The molecular formula is C27H28ClN3O3. The number of carbonyl (C=O) groups excluding carboxylic acids is 3. The predicted octanol–water partition coefficient (Wildman–Crippen LogP) is 5.11. The van der Waals surface area contributed by atoms with E-state index < -0.39 is 6.04 Å². The van der Waals surface area contributed by atoms with Gasteiger partial charge >= 0.3 is 0 Å². The molecule has 6 nitrogen and oxygen atoms in total. The van der Waals surface area contributed by atoms with Crippen molar-refractivity contribution in [2.45, 2.75) is 32.9 Å². The van der Waals surface area contributed by atoms with E-state index in [0.29, 0.717) is 22.8 Å². The van der Waals surface area contributed by atoms with Crippen LogP contribution in [0.1, 0.15) is 47.8 Å². The maximum Gasteiger partial charge on any atom is 0.253 e. The standard InChI is InChI=1S/C27H28ClN3O3/c1-18(2)26(33)30-21-14-12-19(13-15-21)17-29-25(32)16-24(20-8-4-3-5-9-20)31-27(34)22-10-6-7-11-23(22)28/h3-15,18,24H,16-17H2,1-2H3,(H,29,32)(H,30,33)(H,31,34). The second-order valence-corrected chi connectivity index (χ2v) is 8.65. The Bertz CT molecular complexity index is 1130. The molecule has 3 aromatic rings. The van der Waals surface area contributed by atoms with Crippen LogP contribution in [0.2, 0.25) is 5.02 Å². The monoisotopic (exact) mass is 477 g/mol. The molecule has 3 N–H and O–H groups in total. The van der Waals surface area contributed by atoms with Crippen molar-refractivity contribution in [3.05, 3.63) is 101 Å². The molecule has 34 heavy (non-hydrogen) atoms. The molecule has 0 aliphatic carbocycles. The molecule has 0 spiro atoms. The predicted molar refractivity (Wildman–Crippen MR) is 134 cm³/mol. The van der Waals surface area contributed by atoms with Gasteiger partial charge in [-0.2, -0.15) is 0 Å². The van der Waals surface area contributed by atoms with Gasteiger partial charge < -0.3 is 16.0 Å². The smallest absolute Gasteiger partial charge is 0.253 e. The summed E-state index contributed by atoms with van der Waals surface area (Å²) in [6.07, 6.45) is 0.0722. The number of nitrogens with one attached hydrogen (secondary N) is 3. The van der Waals surface area contributed by atoms with E-state index in [1.807, 2.05) is 56.3 Å². The highest BCUT2D eigenvalue weighted by Crippen LogP contribution is 2.20. The quantitative estimate of drug-likeness (QED) is 0.400. The van der Waals surface area contributed by atoms with Gasteiger partial charge in [0.2, 0.25) is 11.8 Å². The van der Waals surface area contributed by atoms with Crippen molar-refractivity contribution in [1.29, 1.82) is 0 Å². The third-order valence-electron chi connectivity index (χ3n) is 5.25. The SMILES string of the molecule is CC(C)C(=O)Nc1ccc(CNC(=O)CC(NC(=O)c2ccccc2Cl)c2ccccc2)cc1. The van der Waals surface area contributed by atoms with Crippen LogP contribution in [0.3, 0.4) is 0 Å². The fourth-order valence-electron chi connectivity index (χ4n) is 3.27. The topological polar surface area (TPSA) is 87.3 Å². The first-order chi connectivity index (χ1) is 16.3. The third kappa shape index (κ3) is 7.18. The summed E-state index contributed by atoms with van der Waals surface area (Å²) in [5.41, 5.74) is 2.78. The Morgan fingerprint density at radius 2 is 1.50 bits per heavy atom. The Morgan fingerprint density at radius 3 is 2.15 bits per heavy atom. The maximum atomic E-state index is 12.8. The molecule has 0 saturated carbocycles. The van der Waals surface area contributed by atoms with Crippen molar-refractivity contribution < 1.29 is 14.4 Å². The first kappa shape index (κ1) is 25.0. The molecule has 0 heterocycles. The van der Waals surface area contributed by atoms with Crippen molar-refractivity contribution in [1.82, 2.24) is 10.6 Å². The molecule has 3 rings (SSSR count). The summed E-state index contributed by atoms with van der Waals surface area (Å²) >= 11 is 6.16. The summed E-state index contributed by atoms with van der Waals surface area (Å²) in [6, 6.07) is 22.9. The van der Waals surface area contributed by atoms with Crippen LogP contribution < -0.4 is 16.0 Å². The van der Waals surface area contributed by atoms with E-state index in [1.165, 1.54) is 0 Å². The lowest BCUT2D eigenvalue weighted by molar-refractivity contribution is -0.121. The summed E-state index contributed by atoms with van der Waals surface area (Å²) in [7, 11) is 0. The number of benzene rings is 3. The molecule has 7 heteroatoms. The number of hydrogen-bond donors (Lipinski definition) is 3. The van der Waals surface area contributed by atoms with Gasteiger partial charge in [-0.3, -0.25) is 14.4 Å². The van der Waals surface area contributed by atoms with Crippen molar-refractivity contribution in [2.24, 2.45) is 5.92 Å². The van der Waals surface area contributed by atoms with Crippen LogP contribution in [-0.2, 0) is 16.1 Å². The lowest BCUT2D eigenvalue weighted by atomic mass is 10.0. The summed E-state index contributed by atoms with van der Waals surface area (Å²) < 4.78 is 0. The van der Waals surface area contributed by atoms with E-state index >= 15 is 0 Å². The normalized spacial score (nSPS) is 11.5. The fourth-order valence-corrected chi connectivity index (χ4v) is 3.49. The van der Waals surface area contributed by atoms with Gasteiger partial charge in [0.1, 0.15) is 0 Å².